The Hall–Kier alpha value is -3.26. The molecule has 3 aromatic carbocycles. The van der Waals surface area contributed by atoms with Crippen LogP contribution in [0.15, 0.2) is 54.6 Å². The largest absolute Gasteiger partial charge is 0.573 e. The van der Waals surface area contributed by atoms with Gasteiger partial charge in [-0.15, -0.1) is 13.2 Å². The number of fused-ring (bicyclic) bond motifs is 1. The van der Waals surface area contributed by atoms with E-state index in [9.17, 15) is 18.0 Å². The number of hydrogen-bond acceptors (Lipinski definition) is 5. The van der Waals surface area contributed by atoms with Crippen molar-refractivity contribution in [2.45, 2.75) is 19.5 Å². The average molecular weight is 419 g/mol. The van der Waals surface area contributed by atoms with Gasteiger partial charge in [-0.1, -0.05) is 36.4 Å². The number of ether oxygens (including phenoxy) is 3. The van der Waals surface area contributed by atoms with Gasteiger partial charge in [0.05, 0.1) is 14.2 Å². The van der Waals surface area contributed by atoms with Crippen LogP contribution in [0, 0.1) is 0 Å². The third kappa shape index (κ3) is 5.01. The van der Waals surface area contributed by atoms with Crippen molar-refractivity contribution in [1.29, 1.82) is 0 Å². The quantitative estimate of drug-likeness (QED) is 0.557. The number of rotatable bonds is 7. The molecule has 0 unspecified atom stereocenters. The van der Waals surface area contributed by atoms with Crippen LogP contribution in [-0.2, 0) is 17.8 Å². The molecular formula is C22H20F3NO4. The van der Waals surface area contributed by atoms with E-state index in [-0.39, 0.29) is 5.75 Å². The molecule has 0 saturated heterocycles. The maximum atomic E-state index is 12.2. The van der Waals surface area contributed by atoms with Crippen LogP contribution in [0.5, 0.6) is 11.5 Å². The fourth-order valence-electron chi connectivity index (χ4n) is 3.19. The van der Waals surface area contributed by atoms with E-state index in [0.29, 0.717) is 24.4 Å². The van der Waals surface area contributed by atoms with Crippen molar-refractivity contribution in [2.24, 2.45) is 0 Å². The van der Waals surface area contributed by atoms with Crippen molar-refractivity contribution in [3.8, 4) is 11.5 Å². The SMILES string of the molecule is COC(=O)c1ccc2c(CNCc3ccc(OC(F)(F)F)cc3)cccc2c1OC. The molecule has 0 aromatic heterocycles. The second kappa shape index (κ2) is 9.04. The average Bonchev–Trinajstić information content (AvgIpc) is 2.72. The highest BCUT2D eigenvalue weighted by Crippen LogP contribution is 2.32. The van der Waals surface area contributed by atoms with Crippen LogP contribution in [0.1, 0.15) is 21.5 Å². The molecule has 0 aliphatic rings. The van der Waals surface area contributed by atoms with E-state index >= 15 is 0 Å². The number of esters is 1. The molecule has 0 fully saturated rings. The highest BCUT2D eigenvalue weighted by Gasteiger charge is 2.30. The van der Waals surface area contributed by atoms with Crippen molar-refractivity contribution in [2.75, 3.05) is 14.2 Å². The Kier molecular flexibility index (Phi) is 6.47. The monoisotopic (exact) mass is 419 g/mol. The van der Waals surface area contributed by atoms with Gasteiger partial charge >= 0.3 is 12.3 Å². The van der Waals surface area contributed by atoms with Crippen LogP contribution in [-0.4, -0.2) is 26.6 Å². The first-order valence-corrected chi connectivity index (χ1v) is 9.04. The summed E-state index contributed by atoms with van der Waals surface area (Å²) < 4.78 is 50.8. The molecule has 0 aliphatic heterocycles. The molecule has 8 heteroatoms. The molecule has 3 aromatic rings. The summed E-state index contributed by atoms with van der Waals surface area (Å²) in [6.07, 6.45) is -4.71. The first kappa shape index (κ1) is 21.4. The van der Waals surface area contributed by atoms with E-state index in [2.05, 4.69) is 10.1 Å². The lowest BCUT2D eigenvalue weighted by Crippen LogP contribution is -2.17. The summed E-state index contributed by atoms with van der Waals surface area (Å²) in [6.45, 7) is 0.971. The maximum Gasteiger partial charge on any atom is 0.573 e. The lowest BCUT2D eigenvalue weighted by Gasteiger charge is -2.14. The summed E-state index contributed by atoms with van der Waals surface area (Å²) in [5, 5.41) is 4.97. The molecule has 0 saturated carbocycles. The molecule has 5 nitrogen and oxygen atoms in total. The Balaban J connectivity index is 1.73. The number of alkyl halides is 3. The molecule has 0 radical (unpaired) electrons. The topological polar surface area (TPSA) is 56.8 Å². The summed E-state index contributed by atoms with van der Waals surface area (Å²) in [7, 11) is 2.81. The molecule has 0 atom stereocenters. The highest BCUT2D eigenvalue weighted by atomic mass is 19.4. The fraction of sp³-hybridized carbons (Fsp3) is 0.227. The standard InChI is InChI=1S/C22H20F3NO4/c1-28-20-18-5-3-4-15(17(18)10-11-19(20)21(27)29-2)13-26-12-14-6-8-16(9-7-14)30-22(23,24)25/h3-11,26H,12-13H2,1-2H3. The predicted molar refractivity (Wildman–Crippen MR) is 106 cm³/mol. The Bertz CT molecular complexity index is 1030. The van der Waals surface area contributed by atoms with Crippen molar-refractivity contribution in [3.05, 3.63) is 71.3 Å². The minimum atomic E-state index is -4.71. The Morgan fingerprint density at radius 2 is 1.67 bits per heavy atom. The molecule has 0 heterocycles. The third-order valence-electron chi connectivity index (χ3n) is 4.51. The maximum absolute atomic E-state index is 12.2. The predicted octanol–water partition coefficient (Wildman–Crippen LogP) is 4.82. The van der Waals surface area contributed by atoms with Crippen molar-refractivity contribution >= 4 is 16.7 Å². The number of carbonyl (C=O) groups excluding carboxylic acids is 1. The van der Waals surface area contributed by atoms with Crippen LogP contribution in [0.3, 0.4) is 0 Å². The Morgan fingerprint density at radius 3 is 2.30 bits per heavy atom. The van der Waals surface area contributed by atoms with Gasteiger partial charge in [0.15, 0.2) is 0 Å². The highest BCUT2D eigenvalue weighted by molar-refractivity contribution is 6.02. The summed E-state index contributed by atoms with van der Waals surface area (Å²) in [6, 6.07) is 14.9. The van der Waals surface area contributed by atoms with E-state index < -0.39 is 12.3 Å². The van der Waals surface area contributed by atoms with Crippen LogP contribution in [0.25, 0.3) is 10.8 Å². The first-order valence-electron chi connectivity index (χ1n) is 9.04. The van der Waals surface area contributed by atoms with Gasteiger partial charge in [-0.25, -0.2) is 4.79 Å². The molecule has 1 N–H and O–H groups in total. The number of halogens is 3. The van der Waals surface area contributed by atoms with Crippen molar-refractivity contribution in [1.82, 2.24) is 5.32 Å². The fourth-order valence-corrected chi connectivity index (χ4v) is 3.19. The van der Waals surface area contributed by atoms with Crippen molar-refractivity contribution in [3.63, 3.8) is 0 Å². The van der Waals surface area contributed by atoms with Crippen molar-refractivity contribution < 1.29 is 32.2 Å². The van der Waals surface area contributed by atoms with Gasteiger partial charge < -0.3 is 19.5 Å². The molecule has 0 amide bonds. The molecule has 0 spiro atoms. The minimum absolute atomic E-state index is 0.256. The smallest absolute Gasteiger partial charge is 0.495 e. The van der Waals surface area contributed by atoms with Crippen LogP contribution in [0.4, 0.5) is 13.2 Å². The van der Waals surface area contributed by atoms with E-state index in [1.54, 1.807) is 18.2 Å². The lowest BCUT2D eigenvalue weighted by molar-refractivity contribution is -0.274. The zero-order valence-corrected chi connectivity index (χ0v) is 16.4. The summed E-state index contributed by atoms with van der Waals surface area (Å²) in [4.78, 5) is 12.0. The van der Waals surface area contributed by atoms with Crippen LogP contribution < -0.4 is 14.8 Å². The summed E-state index contributed by atoms with van der Waals surface area (Å²) in [5.41, 5.74) is 2.15. The third-order valence-corrected chi connectivity index (χ3v) is 4.51. The van der Waals surface area contributed by atoms with E-state index in [1.165, 1.54) is 26.4 Å². The Labute approximate surface area is 171 Å². The molecule has 0 bridgehead atoms. The van der Waals surface area contributed by atoms with Gasteiger partial charge in [0.2, 0.25) is 0 Å². The van der Waals surface area contributed by atoms with Gasteiger partial charge in [-0.2, -0.15) is 0 Å². The number of methoxy groups -OCH3 is 2. The van der Waals surface area contributed by atoms with Crippen LogP contribution >= 0.6 is 0 Å². The molecular weight excluding hydrogens is 399 g/mol. The number of benzene rings is 3. The van der Waals surface area contributed by atoms with Gasteiger partial charge in [-0.05, 0) is 34.7 Å². The number of carbonyl (C=O) groups is 1. The van der Waals surface area contributed by atoms with Gasteiger partial charge in [0.25, 0.3) is 0 Å². The van der Waals surface area contributed by atoms with Gasteiger partial charge in [0.1, 0.15) is 17.1 Å². The second-order valence-electron chi connectivity index (χ2n) is 6.45. The Morgan fingerprint density at radius 1 is 0.933 bits per heavy atom. The minimum Gasteiger partial charge on any atom is -0.495 e. The normalized spacial score (nSPS) is 11.4. The summed E-state index contributed by atoms with van der Waals surface area (Å²) in [5.74, 6) is -0.287. The molecule has 158 valence electrons. The number of hydrogen-bond donors (Lipinski definition) is 1. The van der Waals surface area contributed by atoms with E-state index in [0.717, 1.165) is 21.9 Å². The summed E-state index contributed by atoms with van der Waals surface area (Å²) >= 11 is 0. The molecule has 3 rings (SSSR count). The molecule has 0 aliphatic carbocycles. The second-order valence-corrected chi connectivity index (χ2v) is 6.45. The van der Waals surface area contributed by atoms with Gasteiger partial charge in [-0.3, -0.25) is 0 Å². The van der Waals surface area contributed by atoms with E-state index in [4.69, 9.17) is 9.47 Å². The first-order chi connectivity index (χ1) is 14.3. The van der Waals surface area contributed by atoms with E-state index in [1.807, 2.05) is 24.3 Å². The van der Waals surface area contributed by atoms with Gasteiger partial charge in [0, 0.05) is 18.5 Å². The zero-order valence-electron chi connectivity index (χ0n) is 16.4. The number of nitrogens with one attached hydrogen (secondary N) is 1. The zero-order chi connectivity index (χ0) is 21.7. The molecule has 30 heavy (non-hydrogen) atoms. The lowest BCUT2D eigenvalue weighted by atomic mass is 10.0. The van der Waals surface area contributed by atoms with Crippen LogP contribution in [0.2, 0.25) is 0 Å².